The van der Waals surface area contributed by atoms with E-state index in [4.69, 9.17) is 34.7 Å². The van der Waals surface area contributed by atoms with Crippen LogP contribution in [-0.2, 0) is 28.8 Å². The molecule has 0 rings (SSSR count). The Bertz CT molecular complexity index is 406. The van der Waals surface area contributed by atoms with Crippen LogP contribution in [0.3, 0.4) is 0 Å². The van der Waals surface area contributed by atoms with Gasteiger partial charge in [0.1, 0.15) is 6.23 Å². The maximum Gasteiger partial charge on any atom is 1.00 e. The van der Waals surface area contributed by atoms with Gasteiger partial charge in [0.25, 0.3) is 0 Å². The van der Waals surface area contributed by atoms with Crippen LogP contribution in [0.4, 0.5) is 0 Å². The first-order valence-electron chi connectivity index (χ1n) is 9.16. The van der Waals surface area contributed by atoms with Gasteiger partial charge in [-0.1, -0.05) is 33.1 Å². The van der Waals surface area contributed by atoms with Crippen LogP contribution in [0.25, 0.3) is 0 Å². The molecule has 0 aliphatic rings. The summed E-state index contributed by atoms with van der Waals surface area (Å²) in [5.74, 6) is 0.224. The van der Waals surface area contributed by atoms with Crippen molar-refractivity contribution in [1.29, 1.82) is 0 Å². The summed E-state index contributed by atoms with van der Waals surface area (Å²) in [5, 5.41) is 17.0. The van der Waals surface area contributed by atoms with Crippen molar-refractivity contribution < 1.29 is 72.6 Å². The van der Waals surface area contributed by atoms with Gasteiger partial charge in [-0.3, -0.25) is 4.55 Å². The van der Waals surface area contributed by atoms with E-state index < -0.39 is 16.6 Å². The van der Waals surface area contributed by atoms with Crippen molar-refractivity contribution in [3.05, 3.63) is 0 Å². The topological polar surface area (TPSA) is 158 Å². The van der Waals surface area contributed by atoms with Crippen LogP contribution < -0.4 is 35.3 Å². The molecule has 0 saturated heterocycles. The largest absolute Gasteiger partial charge is 1.00 e. The van der Waals surface area contributed by atoms with Gasteiger partial charge in [-0.2, -0.15) is 8.42 Å². The number of aliphatic hydroxyl groups is 2. The maximum atomic E-state index is 10.3. The summed E-state index contributed by atoms with van der Waals surface area (Å²) in [4.78, 5) is 0. The molecule has 0 radical (unpaired) electrons. The first kappa shape index (κ1) is 33.3. The molecule has 2 unspecified atom stereocenters. The van der Waals surface area contributed by atoms with Crippen LogP contribution in [0.2, 0.25) is 0 Å². The first-order valence-corrected chi connectivity index (χ1v) is 10.5. The molecule has 0 fully saturated rings. The summed E-state index contributed by atoms with van der Waals surface area (Å²) in [5.41, 5.74) is 5.03. The zero-order chi connectivity index (χ0) is 21.0. The molecule has 0 bridgehead atoms. The SMILES string of the molecule is CCCCC(CC)COS(=O)(=O)O.NC(O)COCCOCCOCCO.[H-].[Na+]. The van der Waals surface area contributed by atoms with Crippen LogP contribution >= 0.6 is 0 Å². The van der Waals surface area contributed by atoms with Gasteiger partial charge in [-0.25, -0.2) is 4.18 Å². The summed E-state index contributed by atoms with van der Waals surface area (Å²) in [6.07, 6.45) is 3.04. The van der Waals surface area contributed by atoms with Gasteiger partial charge in [-0.05, 0) is 12.3 Å². The van der Waals surface area contributed by atoms with Crippen LogP contribution in [-0.4, -0.2) is 82.3 Å². The monoisotopic (exact) mass is 443 g/mol. The minimum absolute atomic E-state index is 0. The Hall–Kier alpha value is 0.630. The molecule has 0 aliphatic carbocycles. The van der Waals surface area contributed by atoms with Crippen molar-refractivity contribution >= 4 is 10.4 Å². The van der Waals surface area contributed by atoms with E-state index in [0.717, 1.165) is 25.7 Å². The summed E-state index contributed by atoms with van der Waals surface area (Å²) < 4.78 is 48.2. The molecular formula is C16H38NNaO9S. The van der Waals surface area contributed by atoms with Gasteiger partial charge < -0.3 is 31.6 Å². The van der Waals surface area contributed by atoms with E-state index in [0.29, 0.717) is 33.0 Å². The smallest absolute Gasteiger partial charge is 1.00 e. The number of hydrogen-bond donors (Lipinski definition) is 4. The molecule has 10 nitrogen and oxygen atoms in total. The van der Waals surface area contributed by atoms with Gasteiger partial charge in [0.2, 0.25) is 0 Å². The Morgan fingerprint density at radius 1 is 1.00 bits per heavy atom. The zero-order valence-electron chi connectivity index (χ0n) is 18.4. The number of nitrogens with two attached hydrogens (primary N) is 1. The minimum Gasteiger partial charge on any atom is -1.00 e. The van der Waals surface area contributed by atoms with E-state index in [9.17, 15) is 8.42 Å². The molecule has 0 amide bonds. The number of aliphatic hydroxyl groups excluding tert-OH is 2. The molecule has 28 heavy (non-hydrogen) atoms. The molecule has 12 heteroatoms. The number of unbranched alkanes of at least 4 members (excludes halogenated alkanes) is 1. The third-order valence-corrected chi connectivity index (χ3v) is 3.70. The van der Waals surface area contributed by atoms with Crippen LogP contribution in [0, 0.1) is 5.92 Å². The second kappa shape index (κ2) is 23.9. The fraction of sp³-hybridized carbons (Fsp3) is 1.00. The van der Waals surface area contributed by atoms with E-state index in [-0.39, 0.29) is 56.7 Å². The van der Waals surface area contributed by atoms with Gasteiger partial charge in [0.15, 0.2) is 0 Å². The molecule has 0 aliphatic heterocycles. The summed E-state index contributed by atoms with van der Waals surface area (Å²) in [7, 11) is -4.25. The van der Waals surface area contributed by atoms with Gasteiger partial charge in [-0.15, -0.1) is 0 Å². The fourth-order valence-corrected chi connectivity index (χ4v) is 2.15. The van der Waals surface area contributed by atoms with E-state index >= 15 is 0 Å². The molecule has 0 aromatic rings. The van der Waals surface area contributed by atoms with E-state index in [1.54, 1.807) is 0 Å². The maximum absolute atomic E-state index is 10.3. The molecule has 5 N–H and O–H groups in total. The predicted octanol–water partition coefficient (Wildman–Crippen LogP) is -2.56. The standard InChI is InChI=1S/C8H19NO5.C8H18O4S.Na.H/c9-8(11)7-14-6-5-13-4-3-12-2-1-10;1-3-5-6-8(4-2)7-12-13(9,10)11;;/h8,10-11H,1-7,9H2;8H,3-7H2,1-2H3,(H,9,10,11);;/q;;+1;-1. The average molecular weight is 444 g/mol. The Labute approximate surface area is 192 Å². The Morgan fingerprint density at radius 3 is 1.96 bits per heavy atom. The van der Waals surface area contributed by atoms with Crippen molar-refractivity contribution in [2.75, 3.05) is 52.9 Å². The second-order valence-corrected chi connectivity index (χ2v) is 6.81. The predicted molar refractivity (Wildman–Crippen MR) is 102 cm³/mol. The molecule has 2 atom stereocenters. The summed E-state index contributed by atoms with van der Waals surface area (Å²) >= 11 is 0. The van der Waals surface area contributed by atoms with Crippen molar-refractivity contribution in [2.45, 2.75) is 45.8 Å². The third-order valence-electron chi connectivity index (χ3n) is 3.26. The van der Waals surface area contributed by atoms with Crippen molar-refractivity contribution in [3.63, 3.8) is 0 Å². The zero-order valence-corrected chi connectivity index (χ0v) is 20.2. The van der Waals surface area contributed by atoms with Crippen LogP contribution in [0.1, 0.15) is 41.0 Å². The molecule has 0 heterocycles. The molecule has 0 aromatic heterocycles. The average Bonchev–Trinajstić information content (AvgIpc) is 2.60. The first-order chi connectivity index (χ1) is 12.8. The minimum atomic E-state index is -4.25. The number of rotatable bonds is 17. The van der Waals surface area contributed by atoms with Gasteiger partial charge in [0.05, 0.1) is 52.9 Å². The third kappa shape index (κ3) is 31.3. The Morgan fingerprint density at radius 2 is 1.54 bits per heavy atom. The molecular weight excluding hydrogens is 405 g/mol. The Kier molecular flexibility index (Phi) is 28.4. The summed E-state index contributed by atoms with van der Waals surface area (Å²) in [6.45, 7) is 6.39. The van der Waals surface area contributed by atoms with Gasteiger partial charge in [0, 0.05) is 0 Å². The normalized spacial score (nSPS) is 13.2. The van der Waals surface area contributed by atoms with Crippen molar-refractivity contribution in [3.8, 4) is 0 Å². The quantitative estimate of drug-likeness (QED) is 0.0816. The van der Waals surface area contributed by atoms with Crippen molar-refractivity contribution in [1.82, 2.24) is 0 Å². The molecule has 0 saturated carbocycles. The van der Waals surface area contributed by atoms with E-state index in [2.05, 4.69) is 11.1 Å². The van der Waals surface area contributed by atoms with E-state index in [1.807, 2.05) is 6.92 Å². The molecule has 168 valence electrons. The van der Waals surface area contributed by atoms with E-state index in [1.165, 1.54) is 0 Å². The second-order valence-electron chi connectivity index (χ2n) is 5.72. The van der Waals surface area contributed by atoms with Gasteiger partial charge >= 0.3 is 40.0 Å². The number of ether oxygens (including phenoxy) is 3. The molecule has 0 spiro atoms. The van der Waals surface area contributed by atoms with Crippen molar-refractivity contribution in [2.24, 2.45) is 11.7 Å². The summed E-state index contributed by atoms with van der Waals surface area (Å²) in [6, 6.07) is 0. The number of hydrogen-bond acceptors (Lipinski definition) is 9. The fourth-order valence-electron chi connectivity index (χ4n) is 1.79. The molecule has 0 aromatic carbocycles. The van der Waals surface area contributed by atoms with Crippen LogP contribution in [0.5, 0.6) is 0 Å². The van der Waals surface area contributed by atoms with Crippen LogP contribution in [0.15, 0.2) is 0 Å². The Balaban J connectivity index is -0.000000202.